The van der Waals surface area contributed by atoms with Gasteiger partial charge in [-0.2, -0.15) is 9.97 Å². The maximum Gasteiger partial charge on any atom is 0.225 e. The molecule has 2 aromatic rings. The third kappa shape index (κ3) is 3.44. The monoisotopic (exact) mass is 304 g/mol. The first-order valence-electron chi connectivity index (χ1n) is 7.78. The summed E-state index contributed by atoms with van der Waals surface area (Å²) in [6.45, 7) is 11.1. The average Bonchev–Trinajstić information content (AvgIpc) is 2.49. The molecule has 120 valence electrons. The molecule has 4 N–H and O–H groups in total. The second-order valence-corrected chi connectivity index (χ2v) is 4.61. The smallest absolute Gasteiger partial charge is 0.225 e. The summed E-state index contributed by atoms with van der Waals surface area (Å²) in [6.07, 6.45) is 0. The minimum Gasteiger partial charge on any atom is -0.368 e. The Kier molecular flexibility index (Phi) is 5.51. The van der Waals surface area contributed by atoms with E-state index in [1.165, 1.54) is 0 Å². The number of aromatic nitrogens is 4. The normalized spacial score (nSPS) is 10.5. The van der Waals surface area contributed by atoms with Gasteiger partial charge in [-0.1, -0.05) is 0 Å². The lowest BCUT2D eigenvalue weighted by molar-refractivity contribution is 1.05. The number of fused-ring (bicyclic) bond motifs is 1. The van der Waals surface area contributed by atoms with Crippen molar-refractivity contribution >= 4 is 34.6 Å². The molecule has 2 aromatic heterocycles. The molecule has 0 aliphatic rings. The van der Waals surface area contributed by atoms with Gasteiger partial charge in [0, 0.05) is 26.2 Å². The van der Waals surface area contributed by atoms with Gasteiger partial charge in [0.05, 0.1) is 0 Å². The van der Waals surface area contributed by atoms with Gasteiger partial charge < -0.3 is 21.3 Å². The van der Waals surface area contributed by atoms with Crippen molar-refractivity contribution < 1.29 is 0 Å². The van der Waals surface area contributed by atoms with Crippen molar-refractivity contribution in [1.82, 2.24) is 19.9 Å². The Morgan fingerprint density at radius 1 is 0.545 bits per heavy atom. The van der Waals surface area contributed by atoms with E-state index in [-0.39, 0.29) is 0 Å². The molecule has 0 saturated heterocycles. The van der Waals surface area contributed by atoms with Crippen LogP contribution in [0.2, 0.25) is 0 Å². The molecule has 0 saturated carbocycles. The van der Waals surface area contributed by atoms with Crippen LogP contribution in [0, 0.1) is 0 Å². The first kappa shape index (κ1) is 16.0. The van der Waals surface area contributed by atoms with Gasteiger partial charge >= 0.3 is 0 Å². The minimum absolute atomic E-state index is 0.574. The van der Waals surface area contributed by atoms with E-state index in [2.05, 4.69) is 41.2 Å². The molecule has 0 bridgehead atoms. The Hall–Kier alpha value is -2.38. The van der Waals surface area contributed by atoms with E-state index in [4.69, 9.17) is 0 Å². The molecule has 0 spiro atoms. The summed E-state index contributed by atoms with van der Waals surface area (Å²) in [5.41, 5.74) is 1.43. The lowest BCUT2D eigenvalue weighted by Gasteiger charge is -2.13. The standard InChI is InChI=1S/C14H24N8/c1-5-15-11-9-10(20-13(21-11)17-7-3)12(16-6-2)22-14(19-9)18-8-4/h5-8H2,1-4H3,(H2,15,17,20,21)(H2,16,18,19,22). The van der Waals surface area contributed by atoms with Crippen LogP contribution in [-0.4, -0.2) is 46.1 Å². The van der Waals surface area contributed by atoms with Crippen molar-refractivity contribution in [2.75, 3.05) is 47.4 Å². The predicted molar refractivity (Wildman–Crippen MR) is 91.8 cm³/mol. The summed E-state index contributed by atoms with van der Waals surface area (Å²) in [7, 11) is 0. The highest BCUT2D eigenvalue weighted by atomic mass is 15.2. The summed E-state index contributed by atoms with van der Waals surface area (Å²) < 4.78 is 0. The number of hydrogen-bond acceptors (Lipinski definition) is 8. The van der Waals surface area contributed by atoms with Crippen LogP contribution in [0.3, 0.4) is 0 Å². The topological polar surface area (TPSA) is 99.7 Å². The van der Waals surface area contributed by atoms with Crippen molar-refractivity contribution in [3.8, 4) is 0 Å². The maximum absolute atomic E-state index is 4.55. The summed E-state index contributed by atoms with van der Waals surface area (Å²) >= 11 is 0. The molecule has 8 nitrogen and oxygen atoms in total. The lowest BCUT2D eigenvalue weighted by atomic mass is 10.3. The Bertz CT molecular complexity index is 573. The molecule has 0 aliphatic carbocycles. The molecular weight excluding hydrogens is 280 g/mol. The third-order valence-corrected chi connectivity index (χ3v) is 2.90. The summed E-state index contributed by atoms with van der Waals surface area (Å²) in [5.74, 6) is 2.57. The molecular formula is C14H24N8. The lowest BCUT2D eigenvalue weighted by Crippen LogP contribution is -2.12. The van der Waals surface area contributed by atoms with Gasteiger partial charge in [-0.25, -0.2) is 9.97 Å². The van der Waals surface area contributed by atoms with Crippen LogP contribution in [0.15, 0.2) is 0 Å². The van der Waals surface area contributed by atoms with Gasteiger partial charge in [-0.3, -0.25) is 0 Å². The van der Waals surface area contributed by atoms with E-state index in [0.29, 0.717) is 34.6 Å². The molecule has 0 aliphatic heterocycles. The van der Waals surface area contributed by atoms with E-state index in [1.54, 1.807) is 0 Å². The van der Waals surface area contributed by atoms with Crippen molar-refractivity contribution in [3.05, 3.63) is 0 Å². The Morgan fingerprint density at radius 2 is 0.909 bits per heavy atom. The van der Waals surface area contributed by atoms with Crippen molar-refractivity contribution in [1.29, 1.82) is 0 Å². The fourth-order valence-corrected chi connectivity index (χ4v) is 2.07. The van der Waals surface area contributed by atoms with E-state index >= 15 is 0 Å². The van der Waals surface area contributed by atoms with E-state index in [1.807, 2.05) is 27.7 Å². The van der Waals surface area contributed by atoms with Crippen molar-refractivity contribution in [3.63, 3.8) is 0 Å². The predicted octanol–water partition coefficient (Wildman–Crippen LogP) is 2.15. The van der Waals surface area contributed by atoms with Crippen LogP contribution in [0.5, 0.6) is 0 Å². The zero-order valence-electron chi connectivity index (χ0n) is 13.6. The highest BCUT2D eigenvalue weighted by molar-refractivity contribution is 5.94. The van der Waals surface area contributed by atoms with Gasteiger partial charge in [0.15, 0.2) is 11.6 Å². The number of anilines is 4. The third-order valence-electron chi connectivity index (χ3n) is 2.90. The van der Waals surface area contributed by atoms with Crippen LogP contribution in [0.1, 0.15) is 27.7 Å². The van der Waals surface area contributed by atoms with Crippen LogP contribution in [0.25, 0.3) is 11.0 Å². The minimum atomic E-state index is 0.574. The van der Waals surface area contributed by atoms with Gasteiger partial charge in [0.25, 0.3) is 0 Å². The zero-order valence-corrected chi connectivity index (χ0v) is 13.6. The highest BCUT2D eigenvalue weighted by Crippen LogP contribution is 2.26. The molecule has 0 atom stereocenters. The van der Waals surface area contributed by atoms with Crippen LogP contribution in [-0.2, 0) is 0 Å². The quantitative estimate of drug-likeness (QED) is 0.589. The number of hydrogen-bond donors (Lipinski definition) is 4. The Labute approximate surface area is 130 Å². The molecule has 0 amide bonds. The SMILES string of the molecule is CCNc1nc(NCC)c2nc(NCC)nc(NCC)c2n1. The van der Waals surface area contributed by atoms with Crippen LogP contribution in [0.4, 0.5) is 23.5 Å². The van der Waals surface area contributed by atoms with Crippen molar-refractivity contribution in [2.45, 2.75) is 27.7 Å². The second kappa shape index (κ2) is 7.58. The van der Waals surface area contributed by atoms with Crippen LogP contribution >= 0.6 is 0 Å². The van der Waals surface area contributed by atoms with E-state index in [9.17, 15) is 0 Å². The molecule has 22 heavy (non-hydrogen) atoms. The average molecular weight is 304 g/mol. The van der Waals surface area contributed by atoms with Gasteiger partial charge in [0.1, 0.15) is 11.0 Å². The number of nitrogens with zero attached hydrogens (tertiary/aromatic N) is 4. The largest absolute Gasteiger partial charge is 0.368 e. The van der Waals surface area contributed by atoms with E-state index < -0.39 is 0 Å². The number of nitrogens with one attached hydrogen (secondary N) is 4. The Balaban J connectivity index is 2.65. The number of rotatable bonds is 8. The summed E-state index contributed by atoms with van der Waals surface area (Å²) in [6, 6.07) is 0. The Morgan fingerprint density at radius 3 is 1.23 bits per heavy atom. The van der Waals surface area contributed by atoms with Gasteiger partial charge in [-0.05, 0) is 27.7 Å². The molecule has 0 unspecified atom stereocenters. The maximum atomic E-state index is 4.55. The molecule has 0 fully saturated rings. The summed E-state index contributed by atoms with van der Waals surface area (Å²) in [4.78, 5) is 18.1. The first-order chi connectivity index (χ1) is 10.7. The molecule has 0 aromatic carbocycles. The highest BCUT2D eigenvalue weighted by Gasteiger charge is 2.15. The fourth-order valence-electron chi connectivity index (χ4n) is 2.07. The molecule has 8 heteroatoms. The van der Waals surface area contributed by atoms with Crippen LogP contribution < -0.4 is 21.3 Å². The van der Waals surface area contributed by atoms with Crippen molar-refractivity contribution in [2.24, 2.45) is 0 Å². The first-order valence-corrected chi connectivity index (χ1v) is 7.78. The van der Waals surface area contributed by atoms with Gasteiger partial charge in [0.2, 0.25) is 11.9 Å². The van der Waals surface area contributed by atoms with Gasteiger partial charge in [-0.15, -0.1) is 0 Å². The molecule has 2 rings (SSSR count). The molecule has 2 heterocycles. The summed E-state index contributed by atoms with van der Waals surface area (Å²) in [5, 5.41) is 12.8. The fraction of sp³-hybridized carbons (Fsp3) is 0.571. The second-order valence-electron chi connectivity index (χ2n) is 4.61. The zero-order chi connectivity index (χ0) is 15.9. The van der Waals surface area contributed by atoms with E-state index in [0.717, 1.165) is 26.2 Å². The molecule has 0 radical (unpaired) electrons.